The Balaban J connectivity index is 1.47. The summed E-state index contributed by atoms with van der Waals surface area (Å²) in [6, 6.07) is 22.0. The van der Waals surface area contributed by atoms with Crippen molar-refractivity contribution >= 4 is 63.1 Å². The average molecular weight is 513 g/mol. The number of nitrogens with zero attached hydrogens (tertiary/aromatic N) is 3. The molecule has 0 atom stereocenters. The number of carboxylic acid groups (broad SMARTS) is 1. The van der Waals surface area contributed by atoms with Crippen molar-refractivity contribution in [1.29, 1.82) is 5.26 Å². The molecule has 1 aliphatic heterocycles. The molecule has 0 spiro atoms. The maximum Gasteiger partial charge on any atom is 0.337 e. The number of nitrogens with one attached hydrogen (secondary N) is 1. The first-order valence-electron chi connectivity index (χ1n) is 10.8. The van der Waals surface area contributed by atoms with Gasteiger partial charge in [-0.05, 0) is 53.7 Å². The maximum atomic E-state index is 12.7. The largest absolute Gasteiger partial charge is 0.478 e. The highest BCUT2D eigenvalue weighted by atomic mass is 35.5. The summed E-state index contributed by atoms with van der Waals surface area (Å²) in [4.78, 5) is 28.9. The van der Waals surface area contributed by atoms with E-state index in [9.17, 15) is 20.0 Å². The van der Waals surface area contributed by atoms with E-state index < -0.39 is 5.97 Å². The first-order valence-corrected chi connectivity index (χ1v) is 12.0. The van der Waals surface area contributed by atoms with Crippen molar-refractivity contribution in [3.8, 4) is 6.07 Å². The third-order valence-corrected chi connectivity index (χ3v) is 6.89. The summed E-state index contributed by atoms with van der Waals surface area (Å²) in [6.07, 6.45) is 3.77. The van der Waals surface area contributed by atoms with E-state index in [0.29, 0.717) is 27.9 Å². The Bertz CT molecular complexity index is 1650. The molecule has 0 unspecified atom stereocenters. The number of rotatable bonds is 5. The molecule has 4 aromatic rings. The van der Waals surface area contributed by atoms with Crippen molar-refractivity contribution in [2.24, 2.45) is 4.99 Å². The number of carboxylic acids is 1. The number of amides is 1. The number of fused-ring (bicyclic) bond motifs is 1. The summed E-state index contributed by atoms with van der Waals surface area (Å²) >= 11 is 7.10. The number of nitriles is 1. The van der Waals surface area contributed by atoms with Gasteiger partial charge in [0.15, 0.2) is 5.17 Å². The molecular weight excluding hydrogens is 496 g/mol. The minimum Gasteiger partial charge on any atom is -0.478 e. The molecule has 36 heavy (non-hydrogen) atoms. The van der Waals surface area contributed by atoms with Crippen molar-refractivity contribution < 1.29 is 14.7 Å². The van der Waals surface area contributed by atoms with Crippen LogP contribution in [0, 0.1) is 11.3 Å². The van der Waals surface area contributed by atoms with Crippen LogP contribution in [0.2, 0.25) is 5.02 Å². The normalized spacial score (nSPS) is 15.4. The molecule has 3 aromatic carbocycles. The number of halogens is 1. The number of carbonyl (C=O) groups is 2. The molecule has 0 aliphatic carbocycles. The summed E-state index contributed by atoms with van der Waals surface area (Å²) in [5.74, 6) is -1.45. The Morgan fingerprint density at radius 3 is 2.75 bits per heavy atom. The Labute approximate surface area is 215 Å². The van der Waals surface area contributed by atoms with E-state index in [1.165, 1.54) is 23.9 Å². The van der Waals surface area contributed by atoms with E-state index in [4.69, 9.17) is 11.6 Å². The molecule has 2 heterocycles. The first-order chi connectivity index (χ1) is 17.4. The second kappa shape index (κ2) is 9.74. The minimum absolute atomic E-state index is 0.0608. The van der Waals surface area contributed by atoms with E-state index in [1.807, 2.05) is 54.7 Å². The molecule has 2 N–H and O–H groups in total. The maximum absolute atomic E-state index is 12.7. The van der Waals surface area contributed by atoms with Crippen LogP contribution in [-0.2, 0) is 11.3 Å². The Morgan fingerprint density at radius 1 is 1.17 bits per heavy atom. The second-order valence-electron chi connectivity index (χ2n) is 7.95. The van der Waals surface area contributed by atoms with Gasteiger partial charge in [0.05, 0.1) is 32.8 Å². The zero-order valence-corrected chi connectivity index (χ0v) is 20.2. The van der Waals surface area contributed by atoms with Gasteiger partial charge in [-0.15, -0.1) is 0 Å². The number of aliphatic imine (C=N–C) groups is 1. The molecule has 1 aliphatic rings. The number of para-hydroxylation sites is 1. The van der Waals surface area contributed by atoms with Crippen LogP contribution in [0.3, 0.4) is 0 Å². The molecule has 1 aromatic heterocycles. The monoisotopic (exact) mass is 512 g/mol. The molecule has 0 bridgehead atoms. The SMILES string of the molecule is N#Cc1ccccc1Cn1cc(/C=C2\SC(=Nc3ccc(Cl)c(C(=O)O)c3)NC2=O)c2ccccc21. The first kappa shape index (κ1) is 23.4. The predicted molar refractivity (Wildman–Crippen MR) is 141 cm³/mol. The lowest BCUT2D eigenvalue weighted by atomic mass is 10.1. The molecule has 5 rings (SSSR count). The lowest BCUT2D eigenvalue weighted by Gasteiger charge is -2.07. The Hall–Kier alpha value is -4.32. The van der Waals surface area contributed by atoms with E-state index in [-0.39, 0.29) is 16.5 Å². The van der Waals surface area contributed by atoms with Crippen molar-refractivity contribution in [1.82, 2.24) is 9.88 Å². The van der Waals surface area contributed by atoms with Crippen molar-refractivity contribution in [2.45, 2.75) is 6.54 Å². The van der Waals surface area contributed by atoms with Crippen molar-refractivity contribution in [3.63, 3.8) is 0 Å². The van der Waals surface area contributed by atoms with E-state index in [0.717, 1.165) is 22.0 Å². The third kappa shape index (κ3) is 4.62. The van der Waals surface area contributed by atoms with Gasteiger partial charge in [0.2, 0.25) is 0 Å². The number of hydrogen-bond acceptors (Lipinski definition) is 5. The van der Waals surface area contributed by atoms with Gasteiger partial charge < -0.3 is 15.0 Å². The minimum atomic E-state index is -1.15. The van der Waals surface area contributed by atoms with Crippen molar-refractivity contribution in [3.05, 3.63) is 105 Å². The fraction of sp³-hybridized carbons (Fsp3) is 0.0370. The molecule has 1 fully saturated rings. The summed E-state index contributed by atoms with van der Waals surface area (Å²) in [6.45, 7) is 0.516. The van der Waals surface area contributed by atoms with E-state index >= 15 is 0 Å². The number of carbonyl (C=O) groups excluding carboxylic acids is 1. The van der Waals surface area contributed by atoms with Gasteiger partial charge in [-0.25, -0.2) is 9.79 Å². The number of thioether (sulfide) groups is 1. The van der Waals surface area contributed by atoms with Crippen LogP contribution in [-0.4, -0.2) is 26.7 Å². The molecule has 7 nitrogen and oxygen atoms in total. The summed E-state index contributed by atoms with van der Waals surface area (Å²) in [7, 11) is 0. The number of hydrogen-bond donors (Lipinski definition) is 2. The van der Waals surface area contributed by atoms with Crippen LogP contribution in [0.15, 0.2) is 82.8 Å². The van der Waals surface area contributed by atoms with Gasteiger partial charge in [-0.3, -0.25) is 4.79 Å². The molecule has 1 saturated heterocycles. The van der Waals surface area contributed by atoms with Gasteiger partial charge in [0, 0.05) is 29.2 Å². The average Bonchev–Trinajstić information content (AvgIpc) is 3.40. The third-order valence-electron chi connectivity index (χ3n) is 5.65. The van der Waals surface area contributed by atoms with Gasteiger partial charge >= 0.3 is 5.97 Å². The van der Waals surface area contributed by atoms with Crippen LogP contribution in [0.5, 0.6) is 0 Å². The quantitative estimate of drug-likeness (QED) is 0.328. The smallest absolute Gasteiger partial charge is 0.337 e. The Morgan fingerprint density at radius 2 is 1.94 bits per heavy atom. The molecule has 0 radical (unpaired) electrons. The van der Waals surface area contributed by atoms with Crippen LogP contribution in [0.25, 0.3) is 17.0 Å². The lowest BCUT2D eigenvalue weighted by molar-refractivity contribution is -0.115. The highest BCUT2D eigenvalue weighted by Gasteiger charge is 2.25. The highest BCUT2D eigenvalue weighted by molar-refractivity contribution is 8.18. The highest BCUT2D eigenvalue weighted by Crippen LogP contribution is 2.32. The molecule has 1 amide bonds. The van der Waals surface area contributed by atoms with Crippen LogP contribution in [0.1, 0.15) is 27.0 Å². The van der Waals surface area contributed by atoms with Gasteiger partial charge in [-0.1, -0.05) is 48.0 Å². The molecular formula is C27H17ClN4O3S. The summed E-state index contributed by atoms with van der Waals surface area (Å²) in [5.41, 5.74) is 3.68. The topological polar surface area (TPSA) is 107 Å². The summed E-state index contributed by atoms with van der Waals surface area (Å²) in [5, 5.41) is 22.9. The van der Waals surface area contributed by atoms with E-state index in [1.54, 1.807) is 12.1 Å². The van der Waals surface area contributed by atoms with Crippen LogP contribution < -0.4 is 5.32 Å². The molecule has 176 valence electrons. The number of benzene rings is 3. The zero-order valence-electron chi connectivity index (χ0n) is 18.6. The molecule has 0 saturated carbocycles. The van der Waals surface area contributed by atoms with E-state index in [2.05, 4.69) is 20.9 Å². The fourth-order valence-electron chi connectivity index (χ4n) is 3.96. The van der Waals surface area contributed by atoms with Crippen LogP contribution >= 0.6 is 23.4 Å². The number of amidine groups is 1. The number of aromatic nitrogens is 1. The van der Waals surface area contributed by atoms with Gasteiger partial charge in [0.1, 0.15) is 0 Å². The Kier molecular flexibility index (Phi) is 6.34. The standard InChI is InChI=1S/C27H17ClN4O3S/c28-22-10-9-19(12-21(22)26(34)35)30-27-31-25(33)24(36-27)11-18-15-32(23-8-4-3-7-20(18)23)14-17-6-2-1-5-16(17)13-29/h1-12,15H,14H2,(H,34,35)(H,30,31,33)/b24-11-. The lowest BCUT2D eigenvalue weighted by Crippen LogP contribution is -2.19. The summed E-state index contributed by atoms with van der Waals surface area (Å²) < 4.78 is 2.06. The predicted octanol–water partition coefficient (Wildman–Crippen LogP) is 5.80. The number of aromatic carboxylic acids is 1. The fourth-order valence-corrected chi connectivity index (χ4v) is 4.99. The van der Waals surface area contributed by atoms with Gasteiger partial charge in [-0.2, -0.15) is 5.26 Å². The molecule has 9 heteroatoms. The van der Waals surface area contributed by atoms with Gasteiger partial charge in [0.25, 0.3) is 5.91 Å². The second-order valence-corrected chi connectivity index (χ2v) is 9.39. The van der Waals surface area contributed by atoms with Crippen LogP contribution in [0.4, 0.5) is 5.69 Å². The zero-order chi connectivity index (χ0) is 25.2. The van der Waals surface area contributed by atoms with Crippen molar-refractivity contribution in [2.75, 3.05) is 0 Å².